The minimum Gasteiger partial charge on any atom is -0.456 e. The van der Waals surface area contributed by atoms with Crippen LogP contribution in [0.3, 0.4) is 0 Å². The molecule has 0 spiro atoms. The van der Waals surface area contributed by atoms with Crippen LogP contribution in [0.2, 0.25) is 0 Å². The number of aromatic nitrogens is 4. The van der Waals surface area contributed by atoms with Crippen molar-refractivity contribution in [3.05, 3.63) is 194 Å². The van der Waals surface area contributed by atoms with Crippen LogP contribution in [0.25, 0.3) is 106 Å². The van der Waals surface area contributed by atoms with Crippen molar-refractivity contribution < 1.29 is 4.42 Å². The second-order valence-corrected chi connectivity index (χ2v) is 14.0. The number of nitrogens with zero attached hydrogens (tertiary/aromatic N) is 4. The van der Waals surface area contributed by atoms with E-state index in [2.05, 4.69) is 156 Å². The average Bonchev–Trinajstić information content (AvgIpc) is 3.82. The van der Waals surface area contributed by atoms with Gasteiger partial charge in [0, 0.05) is 38.2 Å². The zero-order chi connectivity index (χ0) is 37.0. The largest absolute Gasteiger partial charge is 0.456 e. The van der Waals surface area contributed by atoms with E-state index in [1.54, 1.807) is 0 Å². The maximum Gasteiger partial charge on any atom is 0.166 e. The molecule has 0 bridgehead atoms. The van der Waals surface area contributed by atoms with Gasteiger partial charge in [-0.1, -0.05) is 152 Å². The predicted octanol–water partition coefficient (Wildman–Crippen LogP) is 13.2. The van der Waals surface area contributed by atoms with Crippen molar-refractivity contribution in [2.45, 2.75) is 0 Å². The summed E-state index contributed by atoms with van der Waals surface area (Å²) in [5.74, 6) is 1.84. The first-order valence-corrected chi connectivity index (χ1v) is 18.8. The Morgan fingerprint density at radius 1 is 0.339 bits per heavy atom. The Hall–Kier alpha value is -7.63. The topological polar surface area (TPSA) is 56.7 Å². The number of hydrogen-bond donors (Lipinski definition) is 0. The first kappa shape index (κ1) is 31.9. The molecule has 262 valence electrons. The lowest BCUT2D eigenvalue weighted by atomic mass is 10.0. The van der Waals surface area contributed by atoms with Gasteiger partial charge in [0.05, 0.1) is 16.7 Å². The summed E-state index contributed by atoms with van der Waals surface area (Å²) in [5.41, 5.74) is 12.2. The predicted molar refractivity (Wildman–Crippen MR) is 229 cm³/mol. The van der Waals surface area contributed by atoms with Gasteiger partial charge >= 0.3 is 0 Å². The van der Waals surface area contributed by atoms with E-state index in [9.17, 15) is 0 Å². The minimum absolute atomic E-state index is 0.603. The summed E-state index contributed by atoms with van der Waals surface area (Å²) in [5, 5.41) is 4.50. The molecule has 0 N–H and O–H groups in total. The van der Waals surface area contributed by atoms with Crippen LogP contribution >= 0.6 is 0 Å². The van der Waals surface area contributed by atoms with E-state index in [0.29, 0.717) is 17.5 Å². The van der Waals surface area contributed by atoms with Crippen LogP contribution in [0.4, 0.5) is 0 Å². The van der Waals surface area contributed by atoms with Gasteiger partial charge in [-0.3, -0.25) is 0 Å². The van der Waals surface area contributed by atoms with Crippen LogP contribution in [-0.2, 0) is 0 Å². The van der Waals surface area contributed by atoms with Crippen LogP contribution in [0, 0.1) is 0 Å². The van der Waals surface area contributed by atoms with E-state index >= 15 is 0 Å². The SMILES string of the molecule is c1ccc(-c2ccc(-c3nc(-c4ccccc4)nc(-c4ccccc4-n4c5ccccc5c5c6c(ccc54)oc4cc(-c5ccccc5)ccc46)n3)cc2)cc1. The Morgan fingerprint density at radius 3 is 1.61 bits per heavy atom. The van der Waals surface area contributed by atoms with Crippen LogP contribution < -0.4 is 0 Å². The van der Waals surface area contributed by atoms with Crippen molar-refractivity contribution in [3.63, 3.8) is 0 Å². The molecule has 11 rings (SSSR count). The van der Waals surface area contributed by atoms with Gasteiger partial charge in [0.1, 0.15) is 11.2 Å². The van der Waals surface area contributed by atoms with Gasteiger partial charge in [-0.25, -0.2) is 15.0 Å². The normalized spacial score (nSPS) is 11.6. The van der Waals surface area contributed by atoms with Crippen LogP contribution in [0.5, 0.6) is 0 Å². The van der Waals surface area contributed by atoms with Crippen molar-refractivity contribution in [1.29, 1.82) is 0 Å². The molecule has 3 heterocycles. The molecule has 8 aromatic carbocycles. The lowest BCUT2D eigenvalue weighted by Crippen LogP contribution is -2.03. The molecule has 5 heteroatoms. The van der Waals surface area contributed by atoms with Crippen molar-refractivity contribution in [2.75, 3.05) is 0 Å². The standard InChI is InChI=1S/C51H32N4O/c1-4-14-33(15-5-1)35-24-26-37(27-25-35)50-52-49(36-18-8-3-9-19-36)53-51(54-50)40-21-11-13-23-43(40)55-42-22-12-10-20-39(42)47-44(55)30-31-45-48(47)41-29-28-38(32-46(41)56-45)34-16-6-2-7-17-34/h1-32H. The van der Waals surface area contributed by atoms with Gasteiger partial charge in [0.2, 0.25) is 0 Å². The number of furan rings is 1. The van der Waals surface area contributed by atoms with E-state index in [0.717, 1.165) is 88.4 Å². The summed E-state index contributed by atoms with van der Waals surface area (Å²) in [6.07, 6.45) is 0. The molecule has 0 aliphatic carbocycles. The Balaban J connectivity index is 1.11. The number of benzene rings is 8. The monoisotopic (exact) mass is 716 g/mol. The van der Waals surface area contributed by atoms with Gasteiger partial charge in [-0.15, -0.1) is 0 Å². The fourth-order valence-corrected chi connectivity index (χ4v) is 8.04. The Labute approximate surface area is 322 Å². The molecule has 0 amide bonds. The fraction of sp³-hybridized carbons (Fsp3) is 0. The third-order valence-corrected chi connectivity index (χ3v) is 10.7. The van der Waals surface area contributed by atoms with Crippen molar-refractivity contribution in [3.8, 4) is 62.1 Å². The number of fused-ring (bicyclic) bond motifs is 7. The summed E-state index contributed by atoms with van der Waals surface area (Å²) >= 11 is 0. The van der Waals surface area contributed by atoms with E-state index in [-0.39, 0.29) is 0 Å². The Kier molecular flexibility index (Phi) is 7.42. The highest BCUT2D eigenvalue weighted by molar-refractivity contribution is 6.27. The second-order valence-electron chi connectivity index (χ2n) is 14.0. The van der Waals surface area contributed by atoms with Crippen molar-refractivity contribution in [2.24, 2.45) is 0 Å². The molecule has 0 atom stereocenters. The Morgan fingerprint density at radius 2 is 0.875 bits per heavy atom. The zero-order valence-electron chi connectivity index (χ0n) is 30.2. The van der Waals surface area contributed by atoms with Gasteiger partial charge < -0.3 is 8.98 Å². The maximum atomic E-state index is 6.59. The molecule has 0 aliphatic rings. The maximum absolute atomic E-state index is 6.59. The summed E-state index contributed by atoms with van der Waals surface area (Å²) < 4.78 is 8.93. The lowest BCUT2D eigenvalue weighted by molar-refractivity contribution is 0.669. The quantitative estimate of drug-likeness (QED) is 0.172. The molecule has 0 radical (unpaired) electrons. The first-order chi connectivity index (χ1) is 27.8. The van der Waals surface area contributed by atoms with Crippen molar-refractivity contribution in [1.82, 2.24) is 19.5 Å². The highest BCUT2D eigenvalue weighted by atomic mass is 16.3. The summed E-state index contributed by atoms with van der Waals surface area (Å²) in [4.78, 5) is 15.4. The zero-order valence-corrected chi connectivity index (χ0v) is 30.2. The molecule has 11 aromatic rings. The smallest absolute Gasteiger partial charge is 0.166 e. The third-order valence-electron chi connectivity index (χ3n) is 10.7. The van der Waals surface area contributed by atoms with Gasteiger partial charge in [-0.05, 0) is 64.7 Å². The highest BCUT2D eigenvalue weighted by Crippen LogP contribution is 2.43. The molecule has 0 unspecified atom stereocenters. The van der Waals surface area contributed by atoms with Gasteiger partial charge in [0.25, 0.3) is 0 Å². The number of hydrogen-bond acceptors (Lipinski definition) is 4. The van der Waals surface area contributed by atoms with Crippen molar-refractivity contribution >= 4 is 43.7 Å². The highest BCUT2D eigenvalue weighted by Gasteiger charge is 2.22. The summed E-state index contributed by atoms with van der Waals surface area (Å²) in [6.45, 7) is 0. The van der Waals surface area contributed by atoms with E-state index in [1.807, 2.05) is 42.5 Å². The summed E-state index contributed by atoms with van der Waals surface area (Å²) in [7, 11) is 0. The Bertz CT molecular complexity index is 3220. The summed E-state index contributed by atoms with van der Waals surface area (Å²) in [6, 6.07) is 67.3. The lowest BCUT2D eigenvalue weighted by Gasteiger charge is -2.14. The number of para-hydroxylation sites is 2. The molecule has 0 saturated carbocycles. The van der Waals surface area contributed by atoms with E-state index in [1.165, 1.54) is 0 Å². The van der Waals surface area contributed by atoms with Crippen LogP contribution in [0.15, 0.2) is 199 Å². The molecule has 0 fully saturated rings. The van der Waals surface area contributed by atoms with Crippen LogP contribution in [-0.4, -0.2) is 19.5 Å². The molecular formula is C51H32N4O. The molecule has 5 nitrogen and oxygen atoms in total. The van der Waals surface area contributed by atoms with E-state index in [4.69, 9.17) is 19.4 Å². The number of rotatable bonds is 6. The van der Waals surface area contributed by atoms with E-state index < -0.39 is 0 Å². The molecule has 0 saturated heterocycles. The third kappa shape index (κ3) is 5.29. The van der Waals surface area contributed by atoms with Gasteiger partial charge in [0.15, 0.2) is 17.5 Å². The molecular weight excluding hydrogens is 685 g/mol. The molecule has 0 aliphatic heterocycles. The van der Waals surface area contributed by atoms with Gasteiger partial charge in [-0.2, -0.15) is 0 Å². The van der Waals surface area contributed by atoms with Crippen LogP contribution in [0.1, 0.15) is 0 Å². The average molecular weight is 717 g/mol. The molecule has 3 aromatic heterocycles. The first-order valence-electron chi connectivity index (χ1n) is 18.8. The second kappa shape index (κ2) is 13.0. The minimum atomic E-state index is 0.603. The molecule has 56 heavy (non-hydrogen) atoms. The fourth-order valence-electron chi connectivity index (χ4n) is 8.04.